The largest absolute Gasteiger partial charge is 0.474 e. The van der Waals surface area contributed by atoms with Gasteiger partial charge in [-0.25, -0.2) is 8.42 Å². The highest BCUT2D eigenvalue weighted by molar-refractivity contribution is 7.89. The van der Waals surface area contributed by atoms with Crippen molar-refractivity contribution in [3.8, 4) is 0 Å². The molecule has 0 bridgehead atoms. The molecule has 188 valence electrons. The fraction of sp³-hybridized carbons (Fsp3) is 0.423. The van der Waals surface area contributed by atoms with E-state index in [0.29, 0.717) is 12.1 Å². The van der Waals surface area contributed by atoms with E-state index in [4.69, 9.17) is 10.5 Å². The normalized spacial score (nSPS) is 16.8. The number of ether oxygens (including phenoxy) is 1. The molecular weight excluding hydrogens is 450 g/mol. The lowest BCUT2D eigenvalue weighted by molar-refractivity contribution is -0.116. The maximum Gasteiger partial charge on any atom is 0.263 e. The Hall–Kier alpha value is -3.00. The minimum atomic E-state index is -3.81. The Kier molecular flexibility index (Phi) is 11.1. The molecule has 2 atom stereocenters. The van der Waals surface area contributed by atoms with Gasteiger partial charge in [-0.1, -0.05) is 30.9 Å². The van der Waals surface area contributed by atoms with Crippen molar-refractivity contribution in [2.24, 2.45) is 17.6 Å². The van der Waals surface area contributed by atoms with Gasteiger partial charge in [-0.2, -0.15) is 0 Å². The predicted molar refractivity (Wildman–Crippen MR) is 139 cm³/mol. The van der Waals surface area contributed by atoms with Crippen molar-refractivity contribution in [3.05, 3.63) is 74.3 Å². The lowest BCUT2D eigenvalue weighted by Gasteiger charge is -2.19. The van der Waals surface area contributed by atoms with E-state index in [1.807, 2.05) is 32.9 Å². The van der Waals surface area contributed by atoms with Gasteiger partial charge in [0.1, 0.15) is 10.5 Å². The number of para-hydroxylation sites is 1. The van der Waals surface area contributed by atoms with E-state index < -0.39 is 10.0 Å². The summed E-state index contributed by atoms with van der Waals surface area (Å²) in [6.45, 7) is 20.4. The van der Waals surface area contributed by atoms with E-state index in [9.17, 15) is 13.2 Å². The van der Waals surface area contributed by atoms with E-state index in [1.165, 1.54) is 6.07 Å². The third kappa shape index (κ3) is 10.7. The van der Waals surface area contributed by atoms with E-state index in [1.54, 1.807) is 18.2 Å². The summed E-state index contributed by atoms with van der Waals surface area (Å²) >= 11 is 0. The van der Waals surface area contributed by atoms with Crippen LogP contribution in [0, 0.1) is 11.8 Å². The average molecular weight is 490 g/mol. The highest BCUT2D eigenvalue weighted by atomic mass is 32.2. The van der Waals surface area contributed by atoms with Crippen molar-refractivity contribution in [1.29, 1.82) is 0 Å². The number of nitrogens with two attached hydrogens (primary N) is 1. The molecule has 1 aromatic rings. The van der Waals surface area contributed by atoms with Crippen molar-refractivity contribution < 1.29 is 17.9 Å². The molecule has 2 rings (SSSR count). The maximum absolute atomic E-state index is 12.7. The standard InChI is InChI=1S/C20H26N2O3S.C6H13NO/c1-4-6-7-8-13-20(23)21-18-11-9-10-12-19(18)26(24,25)22-15(3)17-14-16(17)5-2;1-5(7)8-6(2,3)4/h4-5,9-12,16-17,22H,1-3,6-8,13-14H2,(H,21,23);1,7H2,2-4H3/t16?,17-;/m1./s1. The first-order valence-corrected chi connectivity index (χ1v) is 12.8. The number of sulfonamides is 1. The molecule has 1 aliphatic rings. The molecular formula is C26H39N3O4S. The van der Waals surface area contributed by atoms with E-state index >= 15 is 0 Å². The highest BCUT2D eigenvalue weighted by Crippen LogP contribution is 2.43. The molecule has 4 N–H and O–H groups in total. The minimum Gasteiger partial charge on any atom is -0.474 e. The zero-order valence-electron chi connectivity index (χ0n) is 20.6. The SMILES string of the molecule is C=C(N)OC(C)(C)C.C=CCCCCC(=O)Nc1ccccc1S(=O)(=O)NC(=C)[C@H]1CC1C=C. The summed E-state index contributed by atoms with van der Waals surface area (Å²) in [7, 11) is -3.81. The molecule has 1 saturated carbocycles. The summed E-state index contributed by atoms with van der Waals surface area (Å²) in [6.07, 6.45) is 7.28. The van der Waals surface area contributed by atoms with Gasteiger partial charge in [0.05, 0.1) is 5.69 Å². The van der Waals surface area contributed by atoms with Crippen LogP contribution in [0.5, 0.6) is 0 Å². The summed E-state index contributed by atoms with van der Waals surface area (Å²) < 4.78 is 33.0. The Morgan fingerprint density at radius 2 is 1.85 bits per heavy atom. The molecule has 0 spiro atoms. The first kappa shape index (κ1) is 29.0. The first-order chi connectivity index (χ1) is 15.8. The van der Waals surface area contributed by atoms with Crippen molar-refractivity contribution in [3.63, 3.8) is 0 Å². The lowest BCUT2D eigenvalue weighted by atomic mass is 10.2. The molecule has 34 heavy (non-hydrogen) atoms. The van der Waals surface area contributed by atoms with Crippen LogP contribution in [0.3, 0.4) is 0 Å². The summed E-state index contributed by atoms with van der Waals surface area (Å²) in [4.78, 5) is 12.1. The summed E-state index contributed by atoms with van der Waals surface area (Å²) in [6, 6.07) is 6.37. The van der Waals surface area contributed by atoms with E-state index in [0.717, 1.165) is 25.7 Å². The molecule has 8 heteroatoms. The van der Waals surface area contributed by atoms with E-state index in [2.05, 4.69) is 36.4 Å². The molecule has 0 heterocycles. The minimum absolute atomic E-state index is 0.0383. The Balaban J connectivity index is 0.000000620. The van der Waals surface area contributed by atoms with E-state index in [-0.39, 0.29) is 39.8 Å². The van der Waals surface area contributed by atoms with Gasteiger partial charge in [0.2, 0.25) is 5.91 Å². The average Bonchev–Trinajstić information content (AvgIpc) is 3.50. The molecule has 0 aliphatic heterocycles. The second-order valence-corrected chi connectivity index (χ2v) is 10.8. The van der Waals surface area contributed by atoms with Crippen LogP contribution in [0.1, 0.15) is 52.9 Å². The molecule has 1 unspecified atom stereocenters. The topological polar surface area (TPSA) is 111 Å². The van der Waals surface area contributed by atoms with Gasteiger partial charge in [0.15, 0.2) is 5.88 Å². The number of carbonyl (C=O) groups excluding carboxylic acids is 1. The Labute approximate surface area is 204 Å². The maximum atomic E-state index is 12.7. The summed E-state index contributed by atoms with van der Waals surface area (Å²) in [5.74, 6) is 0.437. The molecule has 0 radical (unpaired) electrons. The zero-order valence-corrected chi connectivity index (χ0v) is 21.4. The van der Waals surface area contributed by atoms with Crippen LogP contribution >= 0.6 is 0 Å². The number of benzene rings is 1. The van der Waals surface area contributed by atoms with Crippen LogP contribution in [0.4, 0.5) is 5.69 Å². The third-order valence-corrected chi connectivity index (χ3v) is 6.27. The molecule has 0 saturated heterocycles. The summed E-state index contributed by atoms with van der Waals surface area (Å²) in [5.41, 5.74) is 5.69. The smallest absolute Gasteiger partial charge is 0.263 e. The van der Waals surface area contributed by atoms with Gasteiger partial charge in [-0.05, 0) is 71.1 Å². The number of carbonyl (C=O) groups is 1. The van der Waals surface area contributed by atoms with Crippen molar-refractivity contribution in [2.75, 3.05) is 5.32 Å². The number of hydrogen-bond acceptors (Lipinski definition) is 5. The third-order valence-electron chi connectivity index (χ3n) is 4.81. The quantitative estimate of drug-likeness (QED) is 0.212. The molecule has 1 aliphatic carbocycles. The number of anilines is 1. The van der Waals surface area contributed by atoms with Gasteiger partial charge < -0.3 is 15.8 Å². The fourth-order valence-electron chi connectivity index (χ4n) is 3.16. The van der Waals surface area contributed by atoms with Gasteiger partial charge in [0.25, 0.3) is 10.0 Å². The highest BCUT2D eigenvalue weighted by Gasteiger charge is 2.38. The first-order valence-electron chi connectivity index (χ1n) is 11.3. The molecule has 1 fully saturated rings. The second kappa shape index (κ2) is 13.0. The number of nitrogens with one attached hydrogen (secondary N) is 2. The number of amides is 1. The van der Waals surface area contributed by atoms with Crippen LogP contribution in [-0.2, 0) is 19.6 Å². The van der Waals surface area contributed by atoms with Crippen LogP contribution in [0.2, 0.25) is 0 Å². The molecule has 1 aromatic carbocycles. The summed E-state index contributed by atoms with van der Waals surface area (Å²) in [5, 5.41) is 2.70. The van der Waals surface area contributed by atoms with Gasteiger partial charge >= 0.3 is 0 Å². The zero-order chi connectivity index (χ0) is 25.9. The van der Waals surface area contributed by atoms with Gasteiger partial charge in [-0.3, -0.25) is 9.52 Å². The monoisotopic (exact) mass is 489 g/mol. The van der Waals surface area contributed by atoms with Crippen LogP contribution in [-0.4, -0.2) is 19.9 Å². The van der Waals surface area contributed by atoms with Crippen LogP contribution < -0.4 is 15.8 Å². The van der Waals surface area contributed by atoms with Crippen LogP contribution in [0.15, 0.2) is 79.2 Å². The fourth-order valence-corrected chi connectivity index (χ4v) is 4.44. The molecule has 1 amide bonds. The Morgan fingerprint density at radius 3 is 2.35 bits per heavy atom. The van der Waals surface area contributed by atoms with Crippen molar-refractivity contribution in [1.82, 2.24) is 4.72 Å². The Bertz CT molecular complexity index is 994. The molecule has 0 aromatic heterocycles. The van der Waals surface area contributed by atoms with Crippen molar-refractivity contribution in [2.45, 2.75) is 63.4 Å². The van der Waals surface area contributed by atoms with Gasteiger partial charge in [-0.15, -0.1) is 13.2 Å². The van der Waals surface area contributed by atoms with Crippen LogP contribution in [0.25, 0.3) is 0 Å². The molecule has 7 nitrogen and oxygen atoms in total. The lowest BCUT2D eigenvalue weighted by Crippen LogP contribution is -2.25. The number of hydrogen-bond donors (Lipinski definition) is 3. The Morgan fingerprint density at radius 1 is 1.21 bits per heavy atom. The predicted octanol–water partition coefficient (Wildman–Crippen LogP) is 5.22. The number of rotatable bonds is 12. The number of unbranched alkanes of at least 4 members (excludes halogenated alkanes) is 2. The van der Waals surface area contributed by atoms with Crippen molar-refractivity contribution >= 4 is 21.6 Å². The van der Waals surface area contributed by atoms with Gasteiger partial charge in [0, 0.05) is 18.0 Å². The second-order valence-electron chi connectivity index (χ2n) is 9.13. The number of allylic oxidation sites excluding steroid dienone is 3.